The normalized spacial score (nSPS) is 9.85. The monoisotopic (exact) mass is 223 g/mol. The van der Waals surface area contributed by atoms with E-state index in [1.807, 2.05) is 0 Å². The van der Waals surface area contributed by atoms with Gasteiger partial charge >= 0.3 is 0 Å². The smallest absolute Gasteiger partial charge is 0.270 e. The maximum Gasteiger partial charge on any atom is 0.297 e. The van der Waals surface area contributed by atoms with E-state index in [4.69, 9.17) is 28.6 Å². The average molecular weight is 224 g/mol. The molecule has 1 N–H and O–H groups in total. The Kier molecular flexibility index (Phi) is 3.08. The molecule has 0 aliphatic heterocycles. The van der Waals surface area contributed by atoms with E-state index >= 15 is 0 Å². The number of carbonyl (C=O) groups excluding carboxylic acids is 1. The second kappa shape index (κ2) is 3.91. The minimum absolute atomic E-state index is 0.107. The second-order valence-electron chi connectivity index (χ2n) is 2.16. The number of hydrogen-bond acceptors (Lipinski definition) is 2. The fourth-order valence-electron chi connectivity index (χ4n) is 0.794. The summed E-state index contributed by atoms with van der Waals surface area (Å²) < 4.78 is 12.7. The van der Waals surface area contributed by atoms with Gasteiger partial charge in [-0.25, -0.2) is 4.39 Å². The second-order valence-corrected chi connectivity index (χ2v) is 2.89. The third-order valence-electron chi connectivity index (χ3n) is 1.34. The Morgan fingerprint density at radius 2 is 2.15 bits per heavy atom. The number of benzene rings is 1. The van der Waals surface area contributed by atoms with E-state index in [1.165, 1.54) is 12.1 Å². The van der Waals surface area contributed by atoms with Gasteiger partial charge < -0.3 is 0 Å². The summed E-state index contributed by atoms with van der Waals surface area (Å²) >= 11 is 10.4. The minimum atomic E-state index is -1.11. The first-order valence-corrected chi connectivity index (χ1v) is 3.88. The summed E-state index contributed by atoms with van der Waals surface area (Å²) in [6.45, 7) is 0. The van der Waals surface area contributed by atoms with Crippen molar-refractivity contribution < 1.29 is 14.4 Å². The van der Waals surface area contributed by atoms with Crippen molar-refractivity contribution in [1.29, 1.82) is 0 Å². The lowest BCUT2D eigenvalue weighted by molar-refractivity contribution is 0.00884. The molecule has 70 valence electrons. The Morgan fingerprint density at radius 3 is 2.62 bits per heavy atom. The summed E-state index contributed by atoms with van der Waals surface area (Å²) in [5.74, 6) is -1.94. The van der Waals surface area contributed by atoms with Gasteiger partial charge in [-0.15, -0.1) is 4.58 Å². The highest BCUT2D eigenvalue weighted by atomic mass is 35.5. The van der Waals surface area contributed by atoms with Gasteiger partial charge in [0.1, 0.15) is 5.82 Å². The zero-order valence-corrected chi connectivity index (χ0v) is 7.68. The number of halogens is 3. The zero-order valence-electron chi connectivity index (χ0n) is 6.17. The van der Waals surface area contributed by atoms with Crippen molar-refractivity contribution in [3.8, 4) is 0 Å². The predicted molar refractivity (Wildman–Crippen MR) is 45.2 cm³/mol. The number of hydrogen-bond donors (Lipinski definition) is 1. The molecular formula is C7H4Cl2FNO2. The van der Waals surface area contributed by atoms with Crippen LogP contribution in [0, 0.1) is 5.82 Å². The molecular weight excluding hydrogens is 220 g/mol. The van der Waals surface area contributed by atoms with Crippen LogP contribution in [0.2, 0.25) is 5.02 Å². The van der Waals surface area contributed by atoms with Crippen molar-refractivity contribution in [2.24, 2.45) is 0 Å². The van der Waals surface area contributed by atoms with Crippen molar-refractivity contribution in [3.05, 3.63) is 34.6 Å². The Balaban J connectivity index is 3.20. The topological polar surface area (TPSA) is 40.5 Å². The molecule has 0 bridgehead atoms. The molecule has 0 heterocycles. The lowest BCUT2D eigenvalue weighted by atomic mass is 10.2. The maximum atomic E-state index is 13.0. The van der Waals surface area contributed by atoms with Crippen LogP contribution in [0.25, 0.3) is 0 Å². The molecule has 13 heavy (non-hydrogen) atoms. The highest BCUT2D eigenvalue weighted by Gasteiger charge is 2.19. The molecule has 1 amide bonds. The fraction of sp³-hybridized carbons (Fsp3) is 0. The fourth-order valence-corrected chi connectivity index (χ4v) is 1.12. The van der Waals surface area contributed by atoms with E-state index in [1.54, 1.807) is 0 Å². The van der Waals surface area contributed by atoms with Crippen LogP contribution in [0.1, 0.15) is 10.4 Å². The summed E-state index contributed by atoms with van der Waals surface area (Å²) in [7, 11) is 0. The van der Waals surface area contributed by atoms with Gasteiger partial charge in [0.15, 0.2) is 0 Å². The van der Waals surface area contributed by atoms with E-state index in [9.17, 15) is 9.18 Å². The minimum Gasteiger partial charge on any atom is -0.270 e. The molecule has 1 aromatic rings. The van der Waals surface area contributed by atoms with Gasteiger partial charge in [0.05, 0.1) is 10.6 Å². The molecule has 1 rings (SSSR count). The number of hydroxylamine groups is 1. The van der Waals surface area contributed by atoms with Crippen LogP contribution in [-0.4, -0.2) is 15.7 Å². The lowest BCUT2D eigenvalue weighted by Crippen LogP contribution is -2.18. The van der Waals surface area contributed by atoms with Crippen molar-refractivity contribution in [2.45, 2.75) is 0 Å². The van der Waals surface area contributed by atoms with Crippen LogP contribution in [0.5, 0.6) is 0 Å². The first-order chi connectivity index (χ1) is 6.04. The van der Waals surface area contributed by atoms with Gasteiger partial charge in [0, 0.05) is 11.8 Å². The van der Waals surface area contributed by atoms with Crippen LogP contribution < -0.4 is 0 Å². The molecule has 1 aromatic carbocycles. The Labute approximate surface area is 83.3 Å². The molecule has 0 unspecified atom stereocenters. The standard InChI is InChI=1S/C7H4Cl2FNO2/c8-4-2-1-3-5(10)6(4)7(12)11(9)13/h1-3,13H. The molecule has 0 spiro atoms. The van der Waals surface area contributed by atoms with E-state index in [-0.39, 0.29) is 9.60 Å². The number of nitrogens with zero attached hydrogens (tertiary/aromatic N) is 1. The van der Waals surface area contributed by atoms with Crippen molar-refractivity contribution in [3.63, 3.8) is 0 Å². The predicted octanol–water partition coefficient (Wildman–Crippen LogP) is 2.46. The largest absolute Gasteiger partial charge is 0.297 e. The lowest BCUT2D eigenvalue weighted by Gasteiger charge is -2.07. The molecule has 0 saturated heterocycles. The van der Waals surface area contributed by atoms with Crippen LogP contribution in [0.3, 0.4) is 0 Å². The highest BCUT2D eigenvalue weighted by molar-refractivity contribution is 6.35. The molecule has 0 fully saturated rings. The third kappa shape index (κ3) is 2.09. The van der Waals surface area contributed by atoms with E-state index in [0.717, 1.165) is 6.07 Å². The Bertz CT molecular complexity index is 323. The summed E-state index contributed by atoms with van der Waals surface area (Å²) in [4.78, 5) is 11.0. The number of carbonyl (C=O) groups is 1. The molecule has 0 aromatic heterocycles. The van der Waals surface area contributed by atoms with Crippen LogP contribution in [0.4, 0.5) is 4.39 Å². The first-order valence-electron chi connectivity index (χ1n) is 3.17. The van der Waals surface area contributed by atoms with Crippen molar-refractivity contribution in [2.75, 3.05) is 0 Å². The number of amides is 1. The summed E-state index contributed by atoms with van der Waals surface area (Å²) in [6, 6.07) is 3.70. The Hall–Kier alpha value is -0.840. The summed E-state index contributed by atoms with van der Waals surface area (Å²) in [6.07, 6.45) is 0. The van der Waals surface area contributed by atoms with Crippen molar-refractivity contribution in [1.82, 2.24) is 4.58 Å². The molecule has 6 heteroatoms. The van der Waals surface area contributed by atoms with Crippen LogP contribution in [-0.2, 0) is 0 Å². The van der Waals surface area contributed by atoms with Gasteiger partial charge in [0.2, 0.25) is 0 Å². The zero-order chi connectivity index (χ0) is 10.0. The highest BCUT2D eigenvalue weighted by Crippen LogP contribution is 2.20. The third-order valence-corrected chi connectivity index (χ3v) is 1.81. The quantitative estimate of drug-likeness (QED) is 0.452. The van der Waals surface area contributed by atoms with Gasteiger partial charge in [-0.1, -0.05) is 17.7 Å². The molecule has 0 radical (unpaired) electrons. The van der Waals surface area contributed by atoms with E-state index in [2.05, 4.69) is 0 Å². The molecule has 3 nitrogen and oxygen atoms in total. The maximum absolute atomic E-state index is 13.0. The Morgan fingerprint density at radius 1 is 1.54 bits per heavy atom. The van der Waals surface area contributed by atoms with Crippen molar-refractivity contribution >= 4 is 29.3 Å². The average Bonchev–Trinajstić information content (AvgIpc) is 2.03. The van der Waals surface area contributed by atoms with E-state index < -0.39 is 17.3 Å². The summed E-state index contributed by atoms with van der Waals surface area (Å²) in [5, 5.41) is 8.44. The molecule has 0 aliphatic rings. The molecule has 0 atom stereocenters. The van der Waals surface area contributed by atoms with Gasteiger partial charge in [-0.3, -0.25) is 10.0 Å². The van der Waals surface area contributed by atoms with Crippen LogP contribution >= 0.6 is 23.4 Å². The van der Waals surface area contributed by atoms with Gasteiger partial charge in [-0.05, 0) is 12.1 Å². The molecule has 0 aliphatic carbocycles. The van der Waals surface area contributed by atoms with Gasteiger partial charge in [-0.2, -0.15) is 0 Å². The SMILES string of the molecule is O=C(c1c(F)cccc1Cl)N(O)Cl. The first kappa shape index (κ1) is 10.2. The summed E-state index contributed by atoms with van der Waals surface area (Å²) in [5.41, 5.74) is -0.457. The number of rotatable bonds is 1. The van der Waals surface area contributed by atoms with Crippen LogP contribution in [0.15, 0.2) is 18.2 Å². The van der Waals surface area contributed by atoms with Gasteiger partial charge in [0.25, 0.3) is 5.91 Å². The molecule has 0 saturated carbocycles. The van der Waals surface area contributed by atoms with E-state index in [0.29, 0.717) is 0 Å².